The van der Waals surface area contributed by atoms with Crippen molar-refractivity contribution in [1.29, 1.82) is 0 Å². The molecule has 0 bridgehead atoms. The zero-order chi connectivity index (χ0) is 4.12. The quantitative estimate of drug-likeness (QED) is 0.489. The first-order chi connectivity index (χ1) is 2.41. The van der Waals surface area contributed by atoms with Crippen LogP contribution >= 0.6 is 0 Å². The first-order valence-corrected chi connectivity index (χ1v) is 1.25. The second-order valence-electron chi connectivity index (χ2n) is 0.577. The molecule has 0 saturated heterocycles. The molecule has 0 atom stereocenters. The molecule has 0 amide bonds. The monoisotopic (exact) mass is 136 g/mol. The molecular weight excluding hydrogens is 132 g/mol. The van der Waals surface area contributed by atoms with Gasteiger partial charge in [-0.3, -0.25) is 4.79 Å². The minimum Gasteiger partial charge on any atom is -0.376 e. The number of rotatable bonds is 2. The summed E-state index contributed by atoms with van der Waals surface area (Å²) in [5, 5.41) is 0. The molecule has 3 heteroatoms. The average Bonchev–Trinajstić information content (AvgIpc) is 1.41. The van der Waals surface area contributed by atoms with Crippen LogP contribution in [0.25, 0.3) is 0 Å². The fourth-order valence-corrected chi connectivity index (χ4v) is 0.0589. The summed E-state index contributed by atoms with van der Waals surface area (Å²) in [6.07, 6.45) is 1.55. The first kappa shape index (κ1) is 9.47. The van der Waals surface area contributed by atoms with Crippen molar-refractivity contribution in [3.63, 3.8) is 0 Å². The number of methoxy groups -OCH3 is 1. The molecule has 2 radical (unpaired) electrons. The van der Waals surface area contributed by atoms with Crippen molar-refractivity contribution in [3.8, 4) is 0 Å². The van der Waals surface area contributed by atoms with Gasteiger partial charge in [-0.2, -0.15) is 0 Å². The molecule has 6 heavy (non-hydrogen) atoms. The van der Waals surface area contributed by atoms with Gasteiger partial charge in [-0.1, -0.05) is 0 Å². The fourth-order valence-electron chi connectivity index (χ4n) is 0.0589. The van der Waals surface area contributed by atoms with Crippen molar-refractivity contribution in [1.82, 2.24) is 0 Å². The zero-order valence-electron chi connectivity index (χ0n) is 3.33. The SMILES string of the molecule is COC[C]=O.[Cu]. The van der Waals surface area contributed by atoms with E-state index in [0.717, 1.165) is 0 Å². The van der Waals surface area contributed by atoms with E-state index in [1.807, 2.05) is 0 Å². The molecule has 2 nitrogen and oxygen atoms in total. The molecule has 0 unspecified atom stereocenters. The van der Waals surface area contributed by atoms with Gasteiger partial charge < -0.3 is 4.74 Å². The summed E-state index contributed by atoms with van der Waals surface area (Å²) < 4.78 is 4.27. The van der Waals surface area contributed by atoms with Gasteiger partial charge in [0.2, 0.25) is 6.29 Å². The van der Waals surface area contributed by atoms with Crippen LogP contribution in [-0.2, 0) is 26.6 Å². The summed E-state index contributed by atoms with van der Waals surface area (Å²) in [7, 11) is 1.45. The molecule has 0 heterocycles. The van der Waals surface area contributed by atoms with Crippen LogP contribution in [0.2, 0.25) is 0 Å². The maximum atomic E-state index is 9.15. The predicted molar refractivity (Wildman–Crippen MR) is 17.6 cm³/mol. The fraction of sp³-hybridized carbons (Fsp3) is 0.667. The van der Waals surface area contributed by atoms with Crippen LogP contribution in [0.4, 0.5) is 0 Å². The first-order valence-electron chi connectivity index (χ1n) is 1.25. The summed E-state index contributed by atoms with van der Waals surface area (Å²) in [6, 6.07) is 0. The Balaban J connectivity index is 0. The van der Waals surface area contributed by atoms with Gasteiger partial charge in [0.1, 0.15) is 6.61 Å². The Morgan fingerprint density at radius 3 is 2.33 bits per heavy atom. The van der Waals surface area contributed by atoms with Gasteiger partial charge in [0.25, 0.3) is 0 Å². The Morgan fingerprint density at radius 2 is 2.33 bits per heavy atom. The smallest absolute Gasteiger partial charge is 0.226 e. The molecule has 0 aromatic carbocycles. The third-order valence-corrected chi connectivity index (χ3v) is 0.203. The molecule has 0 aromatic rings. The Morgan fingerprint density at radius 1 is 1.83 bits per heavy atom. The van der Waals surface area contributed by atoms with Crippen LogP contribution in [-0.4, -0.2) is 20.0 Å². The van der Waals surface area contributed by atoms with Crippen molar-refractivity contribution in [3.05, 3.63) is 0 Å². The van der Waals surface area contributed by atoms with Crippen LogP contribution in [0.1, 0.15) is 0 Å². The van der Waals surface area contributed by atoms with Gasteiger partial charge in [0.15, 0.2) is 0 Å². The summed E-state index contributed by atoms with van der Waals surface area (Å²) in [4.78, 5) is 9.15. The van der Waals surface area contributed by atoms with Gasteiger partial charge in [0.05, 0.1) is 0 Å². The van der Waals surface area contributed by atoms with E-state index in [1.165, 1.54) is 7.11 Å². The molecule has 0 fully saturated rings. The van der Waals surface area contributed by atoms with E-state index in [1.54, 1.807) is 6.29 Å². The molecule has 0 aliphatic carbocycles. The minimum absolute atomic E-state index is 0. The Kier molecular flexibility index (Phi) is 14.1. The summed E-state index contributed by atoms with van der Waals surface area (Å²) in [6.45, 7) is 0.0833. The molecular formula is C3H5CuO2. The van der Waals surface area contributed by atoms with Crippen molar-refractivity contribution < 1.29 is 26.6 Å². The number of ether oxygens (including phenoxy) is 1. The van der Waals surface area contributed by atoms with E-state index in [-0.39, 0.29) is 23.7 Å². The van der Waals surface area contributed by atoms with Crippen molar-refractivity contribution in [2.24, 2.45) is 0 Å². The van der Waals surface area contributed by atoms with Crippen molar-refractivity contribution in [2.75, 3.05) is 13.7 Å². The van der Waals surface area contributed by atoms with Crippen LogP contribution < -0.4 is 0 Å². The van der Waals surface area contributed by atoms with E-state index < -0.39 is 0 Å². The molecule has 0 spiro atoms. The average molecular weight is 137 g/mol. The maximum absolute atomic E-state index is 9.15. The van der Waals surface area contributed by atoms with E-state index >= 15 is 0 Å². The van der Waals surface area contributed by atoms with Gasteiger partial charge in [-0.05, 0) is 0 Å². The standard InChI is InChI=1S/C3H5O2.Cu/c1-5-3-2-4;/h3H2,1H3;. The van der Waals surface area contributed by atoms with Crippen molar-refractivity contribution in [2.45, 2.75) is 0 Å². The second kappa shape index (κ2) is 8.94. The molecule has 0 saturated carbocycles. The predicted octanol–water partition coefficient (Wildman–Crippen LogP) is -0.260. The van der Waals surface area contributed by atoms with E-state index in [0.29, 0.717) is 0 Å². The number of carbonyl (C=O) groups excluding carboxylic acids is 1. The molecule has 0 aliphatic heterocycles. The third kappa shape index (κ3) is 8.91. The summed E-state index contributed by atoms with van der Waals surface area (Å²) in [5.41, 5.74) is 0. The largest absolute Gasteiger partial charge is 0.376 e. The minimum atomic E-state index is 0. The molecule has 0 rings (SSSR count). The van der Waals surface area contributed by atoms with Crippen molar-refractivity contribution >= 4 is 6.29 Å². The second-order valence-corrected chi connectivity index (χ2v) is 0.577. The van der Waals surface area contributed by atoms with Gasteiger partial charge in [-0.15, -0.1) is 0 Å². The normalized spacial score (nSPS) is 6.17. The molecule has 40 valence electrons. The van der Waals surface area contributed by atoms with Gasteiger partial charge in [-0.25, -0.2) is 0 Å². The Hall–Kier alpha value is 0.149. The number of hydrogen-bond donors (Lipinski definition) is 0. The Bertz CT molecular complexity index is 30.0. The van der Waals surface area contributed by atoms with Crippen LogP contribution in [0.3, 0.4) is 0 Å². The zero-order valence-corrected chi connectivity index (χ0v) is 4.27. The Labute approximate surface area is 47.3 Å². The van der Waals surface area contributed by atoms with Crippen LogP contribution in [0, 0.1) is 0 Å². The third-order valence-electron chi connectivity index (χ3n) is 0.203. The summed E-state index contributed by atoms with van der Waals surface area (Å²) >= 11 is 0. The van der Waals surface area contributed by atoms with Crippen LogP contribution in [0.5, 0.6) is 0 Å². The topological polar surface area (TPSA) is 26.3 Å². The van der Waals surface area contributed by atoms with E-state index in [4.69, 9.17) is 4.79 Å². The van der Waals surface area contributed by atoms with Gasteiger partial charge in [0, 0.05) is 24.2 Å². The molecule has 0 aromatic heterocycles. The van der Waals surface area contributed by atoms with Crippen LogP contribution in [0.15, 0.2) is 0 Å². The maximum Gasteiger partial charge on any atom is 0.226 e. The molecule has 0 N–H and O–H groups in total. The van der Waals surface area contributed by atoms with Gasteiger partial charge >= 0.3 is 0 Å². The van der Waals surface area contributed by atoms with E-state index in [2.05, 4.69) is 4.74 Å². The summed E-state index contributed by atoms with van der Waals surface area (Å²) in [5.74, 6) is 0. The number of hydrogen-bond acceptors (Lipinski definition) is 2. The molecule has 0 aliphatic rings. The van der Waals surface area contributed by atoms with E-state index in [9.17, 15) is 0 Å².